The van der Waals surface area contributed by atoms with Crippen LogP contribution in [0.4, 0.5) is 5.69 Å². The number of esters is 1. The zero-order chi connectivity index (χ0) is 25.3. The number of hydrogen-bond acceptors (Lipinski definition) is 7. The standard InChI is InChI=1S/C25H33N5O4S/c1-6-30-23-12-11-21(35(32,33)27(3)4)15-22(23)26-24(30)17-28-13-14-29(16-18(28)2)20-9-7-19(8-10-20)25(31)34-5/h7-12,15,18H,6,13-14,16-17H2,1-5H3. The fourth-order valence-corrected chi connectivity index (χ4v) is 5.50. The van der Waals surface area contributed by atoms with E-state index in [1.807, 2.05) is 18.2 Å². The number of aryl methyl sites for hydroxylation is 1. The van der Waals surface area contributed by atoms with Gasteiger partial charge in [-0.2, -0.15) is 0 Å². The number of nitrogens with zero attached hydrogens (tertiary/aromatic N) is 5. The molecule has 2 aromatic carbocycles. The maximum atomic E-state index is 12.6. The lowest BCUT2D eigenvalue weighted by atomic mass is 10.1. The predicted octanol–water partition coefficient (Wildman–Crippen LogP) is 2.80. The lowest BCUT2D eigenvalue weighted by molar-refractivity contribution is 0.0600. The summed E-state index contributed by atoms with van der Waals surface area (Å²) in [4.78, 5) is 21.5. The predicted molar refractivity (Wildman–Crippen MR) is 136 cm³/mol. The van der Waals surface area contributed by atoms with Crippen LogP contribution in [0.25, 0.3) is 11.0 Å². The normalized spacial score (nSPS) is 17.3. The minimum Gasteiger partial charge on any atom is -0.465 e. The van der Waals surface area contributed by atoms with Crippen LogP contribution >= 0.6 is 0 Å². The van der Waals surface area contributed by atoms with E-state index in [9.17, 15) is 13.2 Å². The molecule has 188 valence electrons. The minimum absolute atomic E-state index is 0.252. The number of carbonyl (C=O) groups is 1. The summed E-state index contributed by atoms with van der Waals surface area (Å²) in [5.74, 6) is 0.601. The third kappa shape index (κ3) is 4.91. The summed E-state index contributed by atoms with van der Waals surface area (Å²) >= 11 is 0. The molecule has 1 aliphatic heterocycles. The van der Waals surface area contributed by atoms with E-state index in [0.29, 0.717) is 23.7 Å². The third-order valence-electron chi connectivity index (χ3n) is 6.66. The van der Waals surface area contributed by atoms with Crippen LogP contribution in [-0.2, 0) is 27.8 Å². The van der Waals surface area contributed by atoms with Gasteiger partial charge in [-0.05, 0) is 56.3 Å². The fraction of sp³-hybridized carbons (Fsp3) is 0.440. The zero-order valence-electron chi connectivity index (χ0n) is 20.9. The second kappa shape index (κ2) is 9.96. The zero-order valence-corrected chi connectivity index (χ0v) is 21.7. The van der Waals surface area contributed by atoms with Gasteiger partial charge in [-0.3, -0.25) is 4.90 Å². The monoisotopic (exact) mass is 499 g/mol. The van der Waals surface area contributed by atoms with Crippen molar-refractivity contribution < 1.29 is 17.9 Å². The number of hydrogen-bond donors (Lipinski definition) is 0. The van der Waals surface area contributed by atoms with E-state index < -0.39 is 10.0 Å². The molecule has 0 bridgehead atoms. The Morgan fingerprint density at radius 1 is 1.14 bits per heavy atom. The molecule has 0 aliphatic carbocycles. The van der Waals surface area contributed by atoms with E-state index in [4.69, 9.17) is 9.72 Å². The van der Waals surface area contributed by atoms with Crippen molar-refractivity contribution in [3.8, 4) is 0 Å². The molecule has 3 aromatic rings. The molecule has 0 spiro atoms. The Morgan fingerprint density at radius 2 is 1.86 bits per heavy atom. The van der Waals surface area contributed by atoms with Crippen molar-refractivity contribution in [2.75, 3.05) is 45.7 Å². The molecule has 1 aromatic heterocycles. The number of carbonyl (C=O) groups excluding carboxylic acids is 1. The van der Waals surface area contributed by atoms with Crippen LogP contribution in [-0.4, -0.2) is 80.0 Å². The maximum absolute atomic E-state index is 12.6. The number of fused-ring (bicyclic) bond motifs is 1. The summed E-state index contributed by atoms with van der Waals surface area (Å²) in [5, 5.41) is 0. The first-order chi connectivity index (χ1) is 16.6. The second-order valence-electron chi connectivity index (χ2n) is 9.01. The van der Waals surface area contributed by atoms with E-state index in [1.54, 1.807) is 24.3 Å². The van der Waals surface area contributed by atoms with Crippen LogP contribution in [0.5, 0.6) is 0 Å². The largest absolute Gasteiger partial charge is 0.465 e. The highest BCUT2D eigenvalue weighted by atomic mass is 32.2. The van der Waals surface area contributed by atoms with Gasteiger partial charge in [-0.1, -0.05) is 0 Å². The third-order valence-corrected chi connectivity index (χ3v) is 8.47. The van der Waals surface area contributed by atoms with Gasteiger partial charge in [0.2, 0.25) is 10.0 Å². The molecule has 1 aliphatic rings. The fourth-order valence-electron chi connectivity index (χ4n) is 4.58. The van der Waals surface area contributed by atoms with Crippen LogP contribution in [0.3, 0.4) is 0 Å². The van der Waals surface area contributed by atoms with Crippen molar-refractivity contribution >= 4 is 32.7 Å². The number of aromatic nitrogens is 2. The van der Waals surface area contributed by atoms with Crippen molar-refractivity contribution in [3.05, 3.63) is 53.9 Å². The molecular formula is C25H33N5O4S. The van der Waals surface area contributed by atoms with Crippen molar-refractivity contribution in [3.63, 3.8) is 0 Å². The molecule has 10 heteroatoms. The molecule has 9 nitrogen and oxygen atoms in total. The Kier molecular flexibility index (Phi) is 7.16. The molecule has 1 atom stereocenters. The molecule has 0 amide bonds. The first-order valence-electron chi connectivity index (χ1n) is 11.7. The van der Waals surface area contributed by atoms with Crippen LogP contribution < -0.4 is 4.90 Å². The maximum Gasteiger partial charge on any atom is 0.337 e. The first kappa shape index (κ1) is 25.2. The molecule has 4 rings (SSSR count). The Labute approximate surface area is 206 Å². The summed E-state index contributed by atoms with van der Waals surface area (Å²) in [7, 11) is 0.933. The van der Waals surface area contributed by atoms with Gasteiger partial charge in [-0.25, -0.2) is 22.5 Å². The molecule has 2 heterocycles. The van der Waals surface area contributed by atoms with Crippen LogP contribution in [0.1, 0.15) is 30.0 Å². The molecule has 0 radical (unpaired) electrons. The Balaban J connectivity index is 1.51. The summed E-state index contributed by atoms with van der Waals surface area (Å²) in [6.45, 7) is 8.31. The minimum atomic E-state index is -3.51. The molecular weight excluding hydrogens is 466 g/mol. The number of methoxy groups -OCH3 is 1. The van der Waals surface area contributed by atoms with Gasteiger partial charge in [-0.15, -0.1) is 0 Å². The first-order valence-corrected chi connectivity index (χ1v) is 13.2. The van der Waals surface area contributed by atoms with E-state index in [-0.39, 0.29) is 10.9 Å². The SMILES string of the molecule is CCn1c(CN2CCN(c3ccc(C(=O)OC)cc3)CC2C)nc2cc(S(=O)(=O)N(C)C)ccc21. The van der Waals surface area contributed by atoms with Crippen LogP contribution in [0.15, 0.2) is 47.4 Å². The number of ether oxygens (including phenoxy) is 1. The van der Waals surface area contributed by atoms with Crippen molar-refractivity contribution in [1.82, 2.24) is 18.8 Å². The number of imidazole rings is 1. The number of benzene rings is 2. The van der Waals surface area contributed by atoms with E-state index in [1.165, 1.54) is 25.5 Å². The van der Waals surface area contributed by atoms with Gasteiger partial charge in [0, 0.05) is 52.0 Å². The van der Waals surface area contributed by atoms with Gasteiger partial charge in [0.05, 0.1) is 35.1 Å². The topological polar surface area (TPSA) is 88.0 Å². The van der Waals surface area contributed by atoms with Crippen LogP contribution in [0.2, 0.25) is 0 Å². The lowest BCUT2D eigenvalue weighted by Gasteiger charge is -2.40. The average Bonchev–Trinajstić information content (AvgIpc) is 3.20. The summed E-state index contributed by atoms with van der Waals surface area (Å²) in [6, 6.07) is 13.0. The molecule has 0 N–H and O–H groups in total. The second-order valence-corrected chi connectivity index (χ2v) is 11.2. The number of piperazine rings is 1. The van der Waals surface area contributed by atoms with Gasteiger partial charge in [0.25, 0.3) is 0 Å². The molecule has 1 unspecified atom stereocenters. The lowest BCUT2D eigenvalue weighted by Crippen LogP contribution is -2.51. The number of anilines is 1. The Hall–Kier alpha value is -2.95. The quantitative estimate of drug-likeness (QED) is 0.462. The van der Waals surface area contributed by atoms with Crippen molar-refractivity contribution in [2.24, 2.45) is 0 Å². The Morgan fingerprint density at radius 3 is 2.46 bits per heavy atom. The molecule has 1 saturated heterocycles. The highest BCUT2D eigenvalue weighted by molar-refractivity contribution is 7.89. The summed E-state index contributed by atoms with van der Waals surface area (Å²) in [6.07, 6.45) is 0. The summed E-state index contributed by atoms with van der Waals surface area (Å²) in [5.41, 5.74) is 3.27. The Bertz CT molecular complexity index is 1320. The van der Waals surface area contributed by atoms with E-state index in [2.05, 4.69) is 28.2 Å². The van der Waals surface area contributed by atoms with Gasteiger partial charge in [0.15, 0.2) is 0 Å². The molecule has 1 fully saturated rings. The van der Waals surface area contributed by atoms with Crippen molar-refractivity contribution in [2.45, 2.75) is 37.9 Å². The van der Waals surface area contributed by atoms with Gasteiger partial charge >= 0.3 is 5.97 Å². The van der Waals surface area contributed by atoms with E-state index in [0.717, 1.165) is 43.2 Å². The smallest absolute Gasteiger partial charge is 0.337 e. The van der Waals surface area contributed by atoms with Gasteiger partial charge in [0.1, 0.15) is 5.82 Å². The summed E-state index contributed by atoms with van der Waals surface area (Å²) < 4.78 is 33.3. The molecule has 0 saturated carbocycles. The number of rotatable bonds is 7. The average molecular weight is 500 g/mol. The van der Waals surface area contributed by atoms with E-state index >= 15 is 0 Å². The van der Waals surface area contributed by atoms with Crippen LogP contribution in [0, 0.1) is 0 Å². The van der Waals surface area contributed by atoms with Crippen molar-refractivity contribution in [1.29, 1.82) is 0 Å². The highest BCUT2D eigenvalue weighted by Crippen LogP contribution is 2.25. The molecule has 35 heavy (non-hydrogen) atoms. The van der Waals surface area contributed by atoms with Gasteiger partial charge < -0.3 is 14.2 Å². The highest BCUT2D eigenvalue weighted by Gasteiger charge is 2.26. The number of sulfonamides is 1.